The molecule has 0 saturated heterocycles. The van der Waals surface area contributed by atoms with Crippen molar-refractivity contribution in [3.8, 4) is 5.82 Å². The lowest BCUT2D eigenvalue weighted by Crippen LogP contribution is -2.00. The van der Waals surface area contributed by atoms with Crippen molar-refractivity contribution in [3.05, 3.63) is 40.2 Å². The van der Waals surface area contributed by atoms with E-state index < -0.39 is 0 Å². The molecule has 0 aliphatic rings. The van der Waals surface area contributed by atoms with Crippen LogP contribution in [0.3, 0.4) is 0 Å². The van der Waals surface area contributed by atoms with Crippen LogP contribution in [0.25, 0.3) is 27.9 Å². The largest absolute Gasteiger partial charge is 0.346 e. The van der Waals surface area contributed by atoms with Gasteiger partial charge in [-0.2, -0.15) is 15.0 Å². The van der Waals surface area contributed by atoms with Crippen LogP contribution in [0, 0.1) is 0 Å². The van der Waals surface area contributed by atoms with E-state index in [-0.39, 0.29) is 15.7 Å². The van der Waals surface area contributed by atoms with Gasteiger partial charge in [-0.1, -0.05) is 11.6 Å². The molecule has 0 saturated carbocycles. The number of nitrogens with one attached hydrogen (secondary N) is 1. The Morgan fingerprint density at radius 1 is 0.905 bits per heavy atom. The molecular weight excluding hydrogens is 335 g/mol. The van der Waals surface area contributed by atoms with E-state index in [1.165, 1.54) is 0 Å². The normalized spacial score (nSPS) is 11.6. The predicted molar refractivity (Wildman–Crippen MR) is 81.3 cm³/mol. The molecule has 0 amide bonds. The Kier molecular flexibility index (Phi) is 2.78. The van der Waals surface area contributed by atoms with Gasteiger partial charge in [0.25, 0.3) is 0 Å². The van der Waals surface area contributed by atoms with Gasteiger partial charge in [0.05, 0.1) is 10.8 Å². The number of H-pyrrole nitrogens is 1. The highest BCUT2D eigenvalue weighted by Crippen LogP contribution is 2.28. The van der Waals surface area contributed by atoms with Gasteiger partial charge in [-0.15, -0.1) is 0 Å². The maximum atomic E-state index is 6.08. The summed E-state index contributed by atoms with van der Waals surface area (Å²) in [5.74, 6) is 0.590. The van der Waals surface area contributed by atoms with Crippen LogP contribution in [-0.4, -0.2) is 29.5 Å². The molecule has 4 aromatic rings. The monoisotopic (exact) mass is 338 g/mol. The Balaban J connectivity index is 2.11. The number of nitrogens with zero attached hydrogens (tertiary/aromatic N) is 5. The summed E-state index contributed by atoms with van der Waals surface area (Å²) >= 11 is 17.9. The van der Waals surface area contributed by atoms with Crippen LogP contribution >= 0.6 is 34.8 Å². The zero-order valence-electron chi connectivity index (χ0n) is 10.2. The van der Waals surface area contributed by atoms with Crippen LogP contribution in [0.5, 0.6) is 0 Å². The van der Waals surface area contributed by atoms with Crippen LogP contribution < -0.4 is 0 Å². The lowest BCUT2D eigenvalue weighted by molar-refractivity contribution is 1.01. The van der Waals surface area contributed by atoms with Crippen molar-refractivity contribution in [2.45, 2.75) is 0 Å². The van der Waals surface area contributed by atoms with Crippen LogP contribution in [0.1, 0.15) is 0 Å². The summed E-state index contributed by atoms with van der Waals surface area (Å²) in [6.45, 7) is 0. The number of aromatic amines is 1. The van der Waals surface area contributed by atoms with E-state index in [1.807, 2.05) is 6.07 Å². The van der Waals surface area contributed by atoms with Gasteiger partial charge in [-0.3, -0.25) is 4.57 Å². The second-order valence-corrected chi connectivity index (χ2v) is 5.30. The van der Waals surface area contributed by atoms with Crippen LogP contribution in [-0.2, 0) is 0 Å². The van der Waals surface area contributed by atoms with E-state index in [9.17, 15) is 0 Å². The van der Waals surface area contributed by atoms with Crippen molar-refractivity contribution in [2.24, 2.45) is 0 Å². The summed E-state index contributed by atoms with van der Waals surface area (Å²) in [6, 6.07) is 3.65. The molecule has 4 heterocycles. The number of rotatable bonds is 1. The molecule has 0 aliphatic heterocycles. The summed E-state index contributed by atoms with van der Waals surface area (Å²) in [7, 11) is 0. The number of fused-ring (bicyclic) bond motifs is 2. The smallest absolute Gasteiger partial charge is 0.226 e. The van der Waals surface area contributed by atoms with Gasteiger partial charge in [0.1, 0.15) is 10.8 Å². The molecule has 0 aliphatic carbocycles. The quantitative estimate of drug-likeness (QED) is 0.424. The van der Waals surface area contributed by atoms with Gasteiger partial charge >= 0.3 is 0 Å². The summed E-state index contributed by atoms with van der Waals surface area (Å²) < 4.78 is 1.75. The zero-order valence-corrected chi connectivity index (χ0v) is 12.4. The number of aromatic nitrogens is 6. The molecule has 0 aromatic carbocycles. The van der Waals surface area contributed by atoms with Crippen molar-refractivity contribution < 1.29 is 0 Å². The Morgan fingerprint density at radius 3 is 2.57 bits per heavy atom. The topological polar surface area (TPSA) is 72.3 Å². The molecule has 0 spiro atoms. The minimum absolute atomic E-state index is 0.0675. The highest BCUT2D eigenvalue weighted by atomic mass is 35.5. The molecule has 0 unspecified atom stereocenters. The molecule has 0 fully saturated rings. The van der Waals surface area contributed by atoms with E-state index in [4.69, 9.17) is 34.8 Å². The highest BCUT2D eigenvalue weighted by Gasteiger charge is 2.15. The van der Waals surface area contributed by atoms with Crippen LogP contribution in [0.4, 0.5) is 0 Å². The third-order valence-corrected chi connectivity index (χ3v) is 3.69. The van der Waals surface area contributed by atoms with E-state index in [2.05, 4.69) is 24.9 Å². The van der Waals surface area contributed by atoms with Crippen molar-refractivity contribution >= 4 is 56.9 Å². The Morgan fingerprint density at radius 2 is 1.71 bits per heavy atom. The van der Waals surface area contributed by atoms with Crippen LogP contribution in [0.2, 0.25) is 15.7 Å². The standard InChI is InChI=1S/C12H5Cl3N6/c13-7-5-2-4-21(9(5)19-11(14)17-7)10-6-1-3-16-8(6)18-12(15)20-10/h1-4H,(H,16,18,20). The van der Waals surface area contributed by atoms with E-state index >= 15 is 0 Å². The molecule has 4 rings (SSSR count). The summed E-state index contributed by atoms with van der Waals surface area (Å²) in [6.07, 6.45) is 3.55. The molecule has 0 radical (unpaired) electrons. The van der Waals surface area contributed by atoms with Gasteiger partial charge in [-0.05, 0) is 35.3 Å². The first kappa shape index (κ1) is 12.8. The summed E-state index contributed by atoms with van der Waals surface area (Å²) in [5.41, 5.74) is 1.19. The number of hydrogen-bond acceptors (Lipinski definition) is 4. The fourth-order valence-corrected chi connectivity index (χ4v) is 2.81. The summed E-state index contributed by atoms with van der Waals surface area (Å²) in [4.78, 5) is 19.5. The fraction of sp³-hybridized carbons (Fsp3) is 0. The minimum atomic E-state index is 0.0675. The maximum Gasteiger partial charge on any atom is 0.226 e. The van der Waals surface area contributed by atoms with Crippen molar-refractivity contribution in [1.82, 2.24) is 29.5 Å². The van der Waals surface area contributed by atoms with Gasteiger partial charge in [0.2, 0.25) is 10.6 Å². The predicted octanol–water partition coefficient (Wildman–Crippen LogP) is 3.65. The van der Waals surface area contributed by atoms with E-state index in [0.717, 1.165) is 5.39 Å². The summed E-state index contributed by atoms with van der Waals surface area (Å²) in [5, 5.41) is 1.97. The Labute approximate surface area is 132 Å². The average Bonchev–Trinajstić information content (AvgIpc) is 3.03. The highest BCUT2D eigenvalue weighted by molar-refractivity contribution is 6.35. The van der Waals surface area contributed by atoms with Gasteiger partial charge in [0, 0.05) is 12.4 Å². The lowest BCUT2D eigenvalue weighted by atomic mass is 10.3. The number of halogens is 3. The zero-order chi connectivity index (χ0) is 14.6. The molecule has 104 valence electrons. The third-order valence-electron chi connectivity index (χ3n) is 3.07. The second-order valence-electron chi connectivity index (χ2n) is 4.26. The van der Waals surface area contributed by atoms with Gasteiger partial charge in [-0.25, -0.2) is 4.98 Å². The molecule has 0 bridgehead atoms. The van der Waals surface area contributed by atoms with Gasteiger partial charge in [0.15, 0.2) is 11.5 Å². The van der Waals surface area contributed by atoms with Crippen molar-refractivity contribution in [3.63, 3.8) is 0 Å². The van der Waals surface area contributed by atoms with Crippen molar-refractivity contribution in [1.29, 1.82) is 0 Å². The molecule has 9 heteroatoms. The number of hydrogen-bond donors (Lipinski definition) is 1. The molecule has 4 aromatic heterocycles. The molecule has 0 atom stereocenters. The molecule has 21 heavy (non-hydrogen) atoms. The molecule has 6 nitrogen and oxygen atoms in total. The first-order valence-corrected chi connectivity index (χ1v) is 6.98. The van der Waals surface area contributed by atoms with E-state index in [0.29, 0.717) is 22.5 Å². The Bertz CT molecular complexity index is 989. The van der Waals surface area contributed by atoms with Gasteiger partial charge < -0.3 is 4.98 Å². The first-order chi connectivity index (χ1) is 10.1. The van der Waals surface area contributed by atoms with E-state index in [1.54, 1.807) is 23.0 Å². The average molecular weight is 340 g/mol. The first-order valence-electron chi connectivity index (χ1n) is 5.84. The molecule has 1 N–H and O–H groups in total. The Hall–Kier alpha value is -1.89. The SMILES string of the molecule is Clc1nc(-n2ccc3c(Cl)nc(Cl)nc32)c2cc[nH]c2n1. The minimum Gasteiger partial charge on any atom is -0.346 e. The van der Waals surface area contributed by atoms with Crippen LogP contribution in [0.15, 0.2) is 24.5 Å². The fourth-order valence-electron chi connectivity index (χ4n) is 2.21. The second kappa shape index (κ2) is 4.56. The lowest BCUT2D eigenvalue weighted by Gasteiger charge is -2.06. The third kappa shape index (κ3) is 1.95. The molecular formula is C12H5Cl3N6. The van der Waals surface area contributed by atoms with Crippen molar-refractivity contribution in [2.75, 3.05) is 0 Å². The maximum absolute atomic E-state index is 6.08.